The first kappa shape index (κ1) is 15.0. The van der Waals surface area contributed by atoms with Crippen molar-refractivity contribution in [3.63, 3.8) is 0 Å². The molecule has 0 spiro atoms. The van der Waals surface area contributed by atoms with Gasteiger partial charge in [0, 0.05) is 17.6 Å². The molecule has 0 atom stereocenters. The molecule has 0 amide bonds. The van der Waals surface area contributed by atoms with Crippen molar-refractivity contribution in [3.05, 3.63) is 22.8 Å². The zero-order valence-corrected chi connectivity index (χ0v) is 12.0. The summed E-state index contributed by atoms with van der Waals surface area (Å²) in [7, 11) is -3.10. The first-order valence-corrected chi connectivity index (χ1v) is 8.22. The molecular formula is C12H21N3O2S. The third kappa shape index (κ3) is 4.03. The highest BCUT2D eigenvalue weighted by Gasteiger charge is 2.14. The molecule has 0 radical (unpaired) electrons. The summed E-state index contributed by atoms with van der Waals surface area (Å²) in [6.45, 7) is 4.56. The lowest BCUT2D eigenvalue weighted by molar-refractivity contribution is 0.599. The first-order valence-electron chi connectivity index (χ1n) is 6.16. The van der Waals surface area contributed by atoms with Gasteiger partial charge in [-0.05, 0) is 31.4 Å². The molecule has 18 heavy (non-hydrogen) atoms. The zero-order valence-electron chi connectivity index (χ0n) is 11.2. The van der Waals surface area contributed by atoms with Crippen molar-refractivity contribution in [1.29, 1.82) is 0 Å². The van der Waals surface area contributed by atoms with Gasteiger partial charge in [-0.1, -0.05) is 13.8 Å². The van der Waals surface area contributed by atoms with Crippen LogP contribution < -0.4 is 5.73 Å². The average Bonchev–Trinajstić information content (AvgIpc) is 2.28. The molecule has 0 fully saturated rings. The van der Waals surface area contributed by atoms with Crippen LogP contribution >= 0.6 is 0 Å². The summed E-state index contributed by atoms with van der Waals surface area (Å²) in [6.07, 6.45) is 3.47. The highest BCUT2D eigenvalue weighted by atomic mass is 32.2. The number of hydrogen-bond acceptors (Lipinski definition) is 5. The van der Waals surface area contributed by atoms with Crippen LogP contribution in [0.5, 0.6) is 0 Å². The van der Waals surface area contributed by atoms with Crippen LogP contribution in [0.25, 0.3) is 0 Å². The quantitative estimate of drug-likeness (QED) is 0.821. The Morgan fingerprint density at radius 1 is 1.11 bits per heavy atom. The third-order valence-corrected chi connectivity index (χ3v) is 3.46. The van der Waals surface area contributed by atoms with Crippen LogP contribution in [0.1, 0.15) is 36.6 Å². The molecule has 0 saturated carbocycles. The Morgan fingerprint density at radius 2 is 1.61 bits per heavy atom. The minimum absolute atomic E-state index is 0.101. The van der Waals surface area contributed by atoms with E-state index in [1.54, 1.807) is 0 Å². The van der Waals surface area contributed by atoms with Gasteiger partial charge in [0.05, 0.1) is 0 Å². The lowest BCUT2D eigenvalue weighted by atomic mass is 10.0. The van der Waals surface area contributed by atoms with Gasteiger partial charge in [0.25, 0.3) is 0 Å². The van der Waals surface area contributed by atoms with Gasteiger partial charge in [0.1, 0.15) is 11.6 Å². The van der Waals surface area contributed by atoms with Gasteiger partial charge in [0.15, 0.2) is 9.84 Å². The van der Waals surface area contributed by atoms with Crippen LogP contribution in [-0.2, 0) is 34.9 Å². The predicted molar refractivity (Wildman–Crippen MR) is 72.1 cm³/mol. The monoisotopic (exact) mass is 271 g/mol. The Balaban J connectivity index is 3.25. The number of nitrogens with zero attached hydrogens (tertiary/aromatic N) is 2. The van der Waals surface area contributed by atoms with Crippen molar-refractivity contribution in [2.45, 2.75) is 38.9 Å². The highest BCUT2D eigenvalue weighted by Crippen LogP contribution is 2.15. The third-order valence-electron chi connectivity index (χ3n) is 2.68. The van der Waals surface area contributed by atoms with Crippen molar-refractivity contribution in [1.82, 2.24) is 9.97 Å². The first-order chi connectivity index (χ1) is 8.41. The second-order valence-electron chi connectivity index (χ2n) is 4.33. The van der Waals surface area contributed by atoms with Crippen molar-refractivity contribution in [2.75, 3.05) is 12.8 Å². The van der Waals surface area contributed by atoms with Gasteiger partial charge in [-0.15, -0.1) is 0 Å². The lowest BCUT2D eigenvalue weighted by Crippen LogP contribution is -2.15. The van der Waals surface area contributed by atoms with Gasteiger partial charge in [0.2, 0.25) is 0 Å². The van der Waals surface area contributed by atoms with E-state index in [2.05, 4.69) is 9.97 Å². The van der Waals surface area contributed by atoms with Gasteiger partial charge in [-0.2, -0.15) is 0 Å². The number of nitrogens with two attached hydrogens (primary N) is 1. The molecule has 0 saturated heterocycles. The molecule has 102 valence electrons. The van der Waals surface area contributed by atoms with Gasteiger partial charge >= 0.3 is 0 Å². The minimum atomic E-state index is -3.10. The molecule has 1 heterocycles. The van der Waals surface area contributed by atoms with Gasteiger partial charge < -0.3 is 5.73 Å². The van der Waals surface area contributed by atoms with E-state index in [0.29, 0.717) is 12.4 Å². The second-order valence-corrected chi connectivity index (χ2v) is 6.47. The van der Waals surface area contributed by atoms with E-state index < -0.39 is 9.84 Å². The molecule has 6 heteroatoms. The maximum absolute atomic E-state index is 11.3. The maximum atomic E-state index is 11.3. The van der Waals surface area contributed by atoms with E-state index in [1.807, 2.05) is 13.8 Å². The largest absolute Gasteiger partial charge is 0.330 e. The Labute approximate surface area is 109 Å². The maximum Gasteiger partial charge on any atom is 0.154 e. The molecule has 5 nitrogen and oxygen atoms in total. The summed E-state index contributed by atoms with van der Waals surface area (Å²) in [5.74, 6) is 0.294. The standard InChI is InChI=1S/C12H21N3O2S/c1-4-10-9(6-7-13)11(5-2)15-12(14-10)8-18(3,16)17/h4-8,13H2,1-3H3. The molecule has 0 bridgehead atoms. The topological polar surface area (TPSA) is 85.9 Å². The van der Waals surface area contributed by atoms with Crippen molar-refractivity contribution in [3.8, 4) is 0 Å². The Kier molecular flexibility index (Phi) is 5.22. The summed E-state index contributed by atoms with van der Waals surface area (Å²) in [4.78, 5) is 8.72. The van der Waals surface area contributed by atoms with Crippen LogP contribution in [0.15, 0.2) is 0 Å². The van der Waals surface area contributed by atoms with Crippen LogP contribution in [0.3, 0.4) is 0 Å². The van der Waals surface area contributed by atoms with Gasteiger partial charge in [-0.25, -0.2) is 18.4 Å². The van der Waals surface area contributed by atoms with Crippen molar-refractivity contribution < 1.29 is 8.42 Å². The molecule has 1 aromatic rings. The summed E-state index contributed by atoms with van der Waals surface area (Å²) in [5.41, 5.74) is 8.52. The van der Waals surface area contributed by atoms with Crippen LogP contribution in [0.2, 0.25) is 0 Å². The number of hydrogen-bond donors (Lipinski definition) is 1. The fraction of sp³-hybridized carbons (Fsp3) is 0.667. The SMILES string of the molecule is CCc1nc(CS(C)(=O)=O)nc(CC)c1CCN. The van der Waals surface area contributed by atoms with E-state index in [0.717, 1.165) is 36.2 Å². The summed E-state index contributed by atoms with van der Waals surface area (Å²) < 4.78 is 22.6. The molecule has 2 N–H and O–H groups in total. The molecule has 1 rings (SSSR count). The fourth-order valence-corrected chi connectivity index (χ4v) is 2.55. The number of rotatable bonds is 6. The van der Waals surface area contributed by atoms with E-state index in [4.69, 9.17) is 5.73 Å². The van der Waals surface area contributed by atoms with Crippen molar-refractivity contribution in [2.24, 2.45) is 5.73 Å². The van der Waals surface area contributed by atoms with Gasteiger partial charge in [-0.3, -0.25) is 0 Å². The van der Waals surface area contributed by atoms with E-state index in [-0.39, 0.29) is 5.75 Å². The predicted octanol–water partition coefficient (Wildman–Crippen LogP) is 0.647. The smallest absolute Gasteiger partial charge is 0.154 e. The Hall–Kier alpha value is -1.01. The highest BCUT2D eigenvalue weighted by molar-refractivity contribution is 7.89. The summed E-state index contributed by atoms with van der Waals surface area (Å²) in [5, 5.41) is 0. The second kappa shape index (κ2) is 6.24. The summed E-state index contributed by atoms with van der Waals surface area (Å²) in [6, 6.07) is 0. The number of aromatic nitrogens is 2. The molecule has 0 aliphatic heterocycles. The molecule has 0 aliphatic carbocycles. The Morgan fingerprint density at radius 3 is 1.94 bits per heavy atom. The fourth-order valence-electron chi connectivity index (χ4n) is 1.95. The van der Waals surface area contributed by atoms with Crippen LogP contribution in [0.4, 0.5) is 0 Å². The average molecular weight is 271 g/mol. The van der Waals surface area contributed by atoms with Crippen LogP contribution in [-0.4, -0.2) is 31.2 Å². The number of sulfone groups is 1. The van der Waals surface area contributed by atoms with Crippen molar-refractivity contribution >= 4 is 9.84 Å². The van der Waals surface area contributed by atoms with E-state index >= 15 is 0 Å². The molecule has 0 aliphatic rings. The Bertz CT molecular complexity index is 487. The van der Waals surface area contributed by atoms with E-state index in [1.165, 1.54) is 6.26 Å². The minimum Gasteiger partial charge on any atom is -0.330 e. The number of aryl methyl sites for hydroxylation is 2. The van der Waals surface area contributed by atoms with E-state index in [9.17, 15) is 8.42 Å². The zero-order chi connectivity index (χ0) is 13.8. The normalized spacial score (nSPS) is 11.8. The summed E-state index contributed by atoms with van der Waals surface area (Å²) >= 11 is 0. The molecular weight excluding hydrogens is 250 g/mol. The molecule has 0 aromatic carbocycles. The molecule has 1 aromatic heterocycles. The molecule has 0 unspecified atom stereocenters. The lowest BCUT2D eigenvalue weighted by Gasteiger charge is -2.12. The van der Waals surface area contributed by atoms with Crippen LogP contribution in [0, 0.1) is 0 Å².